The number of amides is 13. The van der Waals surface area contributed by atoms with Crippen LogP contribution in [0.5, 0.6) is 0 Å². The number of tetrazole rings is 1. The Balaban J connectivity index is 1.89. The molecule has 0 spiro atoms. The summed E-state index contributed by atoms with van der Waals surface area (Å²) in [5, 5.41) is 73.9. The first-order chi connectivity index (χ1) is 48.4. The zero-order valence-corrected chi connectivity index (χ0v) is 58.6. The average molecular weight is 1440 g/mol. The maximum absolute atomic E-state index is 14.1. The number of nitrogens with one attached hydrogen (secondary N) is 14. The van der Waals surface area contributed by atoms with E-state index in [-0.39, 0.29) is 44.7 Å². The SMILES string of the molecule is CCCC[C@H](NC(=O)[C@H](CNC(C)C)NC(=O)[C@H](Cc1cnc[nH]1)NC(=O)[C@H](CCC(N)=O)NC(=O)[C@H](CO)NC(=O)[C@H](CO)NC(=O)[C@H](CCC(N)=O)NC(=O)[C@@H](CO)NC(=O)CNC(=O)COCCOCCNC(=O)CCCCCCCCCCCCCCCc1nn[nH]n1)C(=O)NC. The van der Waals surface area contributed by atoms with E-state index in [1.165, 1.54) is 70.9 Å². The molecule has 21 N–H and O–H groups in total. The van der Waals surface area contributed by atoms with Gasteiger partial charge in [-0.2, -0.15) is 5.21 Å². The summed E-state index contributed by atoms with van der Waals surface area (Å²) in [6, 6.07) is -13.1. The van der Waals surface area contributed by atoms with E-state index < -0.39 is 178 Å². The molecule has 0 aliphatic rings. The van der Waals surface area contributed by atoms with Gasteiger partial charge in [-0.1, -0.05) is 109 Å². The van der Waals surface area contributed by atoms with Crippen LogP contribution in [0, 0.1) is 0 Å². The molecule has 38 heteroatoms. The van der Waals surface area contributed by atoms with Gasteiger partial charge in [-0.25, -0.2) is 4.98 Å². The van der Waals surface area contributed by atoms with Gasteiger partial charge in [0.1, 0.15) is 54.9 Å². The van der Waals surface area contributed by atoms with Crippen molar-refractivity contribution < 1.29 is 87.1 Å². The lowest BCUT2D eigenvalue weighted by Crippen LogP contribution is -2.62. The molecule has 0 aliphatic heterocycles. The first-order valence-electron chi connectivity index (χ1n) is 34.6. The van der Waals surface area contributed by atoms with Crippen LogP contribution >= 0.6 is 0 Å². The van der Waals surface area contributed by atoms with E-state index in [1.54, 1.807) is 13.8 Å². The second-order valence-corrected chi connectivity index (χ2v) is 24.4. The minimum atomic E-state index is -1.96. The number of imidazole rings is 1. The molecule has 13 amide bonds. The van der Waals surface area contributed by atoms with Crippen molar-refractivity contribution in [2.75, 3.05) is 72.9 Å². The molecule has 0 radical (unpaired) electrons. The maximum Gasteiger partial charge on any atom is 0.246 e. The van der Waals surface area contributed by atoms with Gasteiger partial charge in [0, 0.05) is 70.2 Å². The molecule has 8 atom stereocenters. The molecule has 101 heavy (non-hydrogen) atoms. The molecular formula is C63H110N20O18. The van der Waals surface area contributed by atoms with Gasteiger partial charge >= 0.3 is 0 Å². The molecule has 0 aliphatic carbocycles. The standard InChI is InChI=1S/C63H110N20O18/c1-5-6-20-42(56(92)66-4)73-60(96)46(33-69-40(2)3)77-59(95)45(31-41-32-67-39-71-41)76-57(93)43(23-25-50(64)87)75-62(98)48(36-85)79-63(99)49(37-86)78-58(94)44(24-26-51(65)88)74-61(97)47(35-84)72-54(90)34-70-55(91)38-101-30-29-100-28-27-68-53(89)22-19-17-15-13-11-9-7-8-10-12-14-16-18-21-52-80-82-83-81-52/h32,39-40,42-49,69,84-86H,5-31,33-38H2,1-4H3,(H2,64,87)(H2,65,88)(H,66,92)(H,67,71)(H,68,89)(H,70,91)(H,72,90)(H,73,96)(H,74,97)(H,75,98)(H,76,93)(H,77,95)(H,78,94)(H,79,99)(H,80,81,82,83)/t42-,43-,44-,45-,46-,47+,48-,49-/m0/s1. The Bertz CT molecular complexity index is 2800. The summed E-state index contributed by atoms with van der Waals surface area (Å²) < 4.78 is 10.7. The summed E-state index contributed by atoms with van der Waals surface area (Å²) in [7, 11) is 1.41. The highest BCUT2D eigenvalue weighted by Gasteiger charge is 2.35. The van der Waals surface area contributed by atoms with E-state index in [1.807, 2.05) is 6.92 Å². The number of aliphatic hydroxyl groups excluding tert-OH is 3. The van der Waals surface area contributed by atoms with Crippen molar-refractivity contribution in [3.05, 3.63) is 24.0 Å². The van der Waals surface area contributed by atoms with E-state index in [9.17, 15) is 77.6 Å². The van der Waals surface area contributed by atoms with Crippen molar-refractivity contribution in [2.24, 2.45) is 11.5 Å². The third-order valence-electron chi connectivity index (χ3n) is 15.6. The molecule has 2 heterocycles. The highest BCUT2D eigenvalue weighted by atomic mass is 16.5. The molecular weight excluding hydrogens is 1320 g/mol. The third kappa shape index (κ3) is 40.3. The fourth-order valence-electron chi connectivity index (χ4n) is 9.85. The number of rotatable bonds is 59. The molecule has 0 bridgehead atoms. The highest BCUT2D eigenvalue weighted by molar-refractivity contribution is 5.99. The molecule has 2 rings (SSSR count). The largest absolute Gasteiger partial charge is 0.394 e. The second kappa shape index (κ2) is 53.1. The molecule has 2 aromatic rings. The van der Waals surface area contributed by atoms with Crippen LogP contribution in [0.25, 0.3) is 0 Å². The molecule has 0 saturated carbocycles. The van der Waals surface area contributed by atoms with Crippen molar-refractivity contribution in [1.29, 1.82) is 0 Å². The highest BCUT2D eigenvalue weighted by Crippen LogP contribution is 2.14. The summed E-state index contributed by atoms with van der Waals surface area (Å²) in [6.45, 7) is 1.38. The number of hydrogen-bond acceptors (Lipinski definition) is 23. The Morgan fingerprint density at radius 1 is 0.505 bits per heavy atom. The van der Waals surface area contributed by atoms with Crippen LogP contribution in [0.2, 0.25) is 0 Å². The number of primary amides is 2. The second-order valence-electron chi connectivity index (χ2n) is 24.4. The number of aromatic nitrogens is 6. The molecule has 0 saturated heterocycles. The van der Waals surface area contributed by atoms with Crippen molar-refractivity contribution >= 4 is 76.8 Å². The number of aliphatic hydroxyl groups is 3. The van der Waals surface area contributed by atoms with E-state index in [0.29, 0.717) is 31.5 Å². The average Bonchev–Trinajstić information content (AvgIpc) is 1.78. The van der Waals surface area contributed by atoms with Crippen LogP contribution in [0.3, 0.4) is 0 Å². The van der Waals surface area contributed by atoms with Crippen LogP contribution in [-0.4, -0.2) is 250 Å². The van der Waals surface area contributed by atoms with Crippen molar-refractivity contribution in [2.45, 2.75) is 223 Å². The number of carbonyl (C=O) groups excluding carboxylic acids is 13. The number of nitrogens with zero attached hydrogens (tertiary/aromatic N) is 4. The summed E-state index contributed by atoms with van der Waals surface area (Å²) >= 11 is 0. The molecule has 0 aromatic carbocycles. The third-order valence-corrected chi connectivity index (χ3v) is 15.6. The Hall–Kier alpha value is -8.85. The fraction of sp³-hybridized carbons (Fsp3) is 0.730. The zero-order chi connectivity index (χ0) is 74.7. The number of likely N-dealkylation sites (N-methyl/N-ethyl adjacent to an activating group) is 1. The number of carbonyl (C=O) groups is 13. The lowest BCUT2D eigenvalue weighted by Gasteiger charge is -2.27. The van der Waals surface area contributed by atoms with E-state index in [0.717, 1.165) is 50.8 Å². The lowest BCUT2D eigenvalue weighted by atomic mass is 10.0. The van der Waals surface area contributed by atoms with Gasteiger partial charge < -0.3 is 105 Å². The summed E-state index contributed by atoms with van der Waals surface area (Å²) in [5.74, 6) is -11.1. The maximum atomic E-state index is 14.1. The lowest BCUT2D eigenvalue weighted by molar-refractivity contribution is -0.137. The molecule has 0 fully saturated rings. The van der Waals surface area contributed by atoms with E-state index in [4.69, 9.17) is 20.9 Å². The van der Waals surface area contributed by atoms with Gasteiger partial charge in [0.05, 0.1) is 52.5 Å². The topological polar surface area (TPSA) is 581 Å². The van der Waals surface area contributed by atoms with Gasteiger partial charge in [-0.3, -0.25) is 62.3 Å². The zero-order valence-electron chi connectivity index (χ0n) is 58.6. The van der Waals surface area contributed by atoms with Crippen molar-refractivity contribution in [3.63, 3.8) is 0 Å². The Morgan fingerprint density at radius 2 is 0.970 bits per heavy atom. The number of aryl methyl sites for hydroxylation is 1. The number of aromatic amines is 2. The van der Waals surface area contributed by atoms with Gasteiger partial charge in [0.2, 0.25) is 76.8 Å². The first kappa shape index (κ1) is 88.2. The Morgan fingerprint density at radius 3 is 1.46 bits per heavy atom. The molecule has 570 valence electrons. The molecule has 38 nitrogen and oxygen atoms in total. The van der Waals surface area contributed by atoms with Crippen LogP contribution in [-0.2, 0) is 84.6 Å². The number of H-pyrrole nitrogens is 2. The monoisotopic (exact) mass is 1430 g/mol. The smallest absolute Gasteiger partial charge is 0.246 e. The van der Waals surface area contributed by atoms with Gasteiger partial charge in [-0.15, -0.1) is 10.2 Å². The van der Waals surface area contributed by atoms with E-state index >= 15 is 0 Å². The quantitative estimate of drug-likeness (QED) is 0.0275. The Kier molecular flexibility index (Phi) is 46.4. The minimum absolute atomic E-state index is 0.00194. The number of unbranched alkanes of at least 4 members (excludes halogenated alkanes) is 13. The molecule has 2 aromatic heterocycles. The van der Waals surface area contributed by atoms with Crippen LogP contribution < -0.4 is 75.3 Å². The summed E-state index contributed by atoms with van der Waals surface area (Å²) in [5.41, 5.74) is 11.0. The van der Waals surface area contributed by atoms with Crippen LogP contribution in [0.4, 0.5) is 0 Å². The Labute approximate surface area is 587 Å². The van der Waals surface area contributed by atoms with Gasteiger partial charge in [0.15, 0.2) is 5.82 Å². The number of hydrogen-bond donors (Lipinski definition) is 19. The number of ether oxygens (including phenoxy) is 2. The van der Waals surface area contributed by atoms with Gasteiger partial charge in [0.25, 0.3) is 0 Å². The molecule has 0 unspecified atom stereocenters. The summed E-state index contributed by atoms with van der Waals surface area (Å²) in [4.78, 5) is 177. The minimum Gasteiger partial charge on any atom is -0.394 e. The van der Waals surface area contributed by atoms with Gasteiger partial charge in [-0.05, 0) is 32.1 Å². The predicted molar refractivity (Wildman–Crippen MR) is 363 cm³/mol. The normalized spacial score (nSPS) is 13.5. The van der Waals surface area contributed by atoms with Crippen molar-refractivity contribution in [1.82, 2.24) is 94.4 Å². The fourth-order valence-corrected chi connectivity index (χ4v) is 9.85. The predicted octanol–water partition coefficient (Wildman–Crippen LogP) is -5.24. The number of nitrogens with two attached hydrogens (primary N) is 2. The van der Waals surface area contributed by atoms with E-state index in [2.05, 4.69) is 94.4 Å². The summed E-state index contributed by atoms with van der Waals surface area (Å²) in [6.07, 6.45) is 18.2. The van der Waals surface area contributed by atoms with Crippen LogP contribution in [0.15, 0.2) is 12.5 Å². The first-order valence-corrected chi connectivity index (χ1v) is 34.6. The van der Waals surface area contributed by atoms with Crippen LogP contribution in [0.1, 0.15) is 167 Å². The van der Waals surface area contributed by atoms with Crippen molar-refractivity contribution in [3.8, 4) is 0 Å².